The van der Waals surface area contributed by atoms with E-state index >= 15 is 0 Å². The van der Waals surface area contributed by atoms with E-state index in [4.69, 9.17) is 5.73 Å². The Morgan fingerprint density at radius 1 is 1.47 bits per heavy atom. The van der Waals surface area contributed by atoms with Crippen molar-refractivity contribution in [1.29, 1.82) is 0 Å². The highest BCUT2D eigenvalue weighted by atomic mass is 35.5. The van der Waals surface area contributed by atoms with Crippen LogP contribution in [-0.4, -0.2) is 18.0 Å². The van der Waals surface area contributed by atoms with Crippen LogP contribution in [0.4, 0.5) is 0 Å². The number of rotatable bonds is 3. The van der Waals surface area contributed by atoms with Gasteiger partial charge in [0.2, 0.25) is 5.91 Å². The summed E-state index contributed by atoms with van der Waals surface area (Å²) in [5.41, 5.74) is 5.94. The molecule has 4 heteroatoms. The van der Waals surface area contributed by atoms with Crippen LogP contribution in [0.2, 0.25) is 0 Å². The normalized spacial score (nSPS) is 31.9. The third-order valence-corrected chi connectivity index (χ3v) is 3.71. The molecule has 0 atom stereocenters. The zero-order valence-corrected chi connectivity index (χ0v) is 10.1. The van der Waals surface area contributed by atoms with Gasteiger partial charge in [-0.05, 0) is 38.0 Å². The van der Waals surface area contributed by atoms with Crippen LogP contribution in [0.15, 0.2) is 0 Å². The molecule has 15 heavy (non-hydrogen) atoms. The molecule has 0 bridgehead atoms. The molecule has 2 rings (SSSR count). The van der Waals surface area contributed by atoms with Crippen molar-refractivity contribution in [2.75, 3.05) is 6.54 Å². The SMILES string of the molecule is CC1CC(C(=O)NCC2(N)CCC2)C1.Cl. The van der Waals surface area contributed by atoms with Crippen LogP contribution in [0.5, 0.6) is 0 Å². The lowest BCUT2D eigenvalue weighted by molar-refractivity contribution is -0.129. The number of hydrogen-bond donors (Lipinski definition) is 2. The molecule has 0 radical (unpaired) electrons. The standard InChI is InChI=1S/C11H20N2O.ClH/c1-8-5-9(6-8)10(14)13-7-11(12)3-2-4-11;/h8-9H,2-7,12H2,1H3,(H,13,14);1H. The van der Waals surface area contributed by atoms with Crippen molar-refractivity contribution in [3.05, 3.63) is 0 Å². The maximum absolute atomic E-state index is 11.6. The molecule has 2 aliphatic carbocycles. The third kappa shape index (κ3) is 2.85. The molecule has 0 heterocycles. The number of carbonyl (C=O) groups is 1. The van der Waals surface area contributed by atoms with Gasteiger partial charge in [0.25, 0.3) is 0 Å². The van der Waals surface area contributed by atoms with Crippen LogP contribution < -0.4 is 11.1 Å². The smallest absolute Gasteiger partial charge is 0.223 e. The van der Waals surface area contributed by atoms with Gasteiger partial charge in [-0.15, -0.1) is 12.4 Å². The first-order valence-corrected chi connectivity index (χ1v) is 5.66. The maximum Gasteiger partial charge on any atom is 0.223 e. The molecular weight excluding hydrogens is 212 g/mol. The average Bonchev–Trinajstić information content (AvgIpc) is 2.06. The van der Waals surface area contributed by atoms with Crippen LogP contribution in [0, 0.1) is 11.8 Å². The Hall–Kier alpha value is -0.280. The van der Waals surface area contributed by atoms with E-state index in [9.17, 15) is 4.79 Å². The zero-order valence-electron chi connectivity index (χ0n) is 9.29. The fourth-order valence-electron chi connectivity index (χ4n) is 2.33. The Kier molecular flexibility index (Phi) is 4.01. The second-order valence-corrected chi connectivity index (χ2v) is 5.21. The van der Waals surface area contributed by atoms with Gasteiger partial charge in [0.1, 0.15) is 0 Å². The molecular formula is C11H21ClN2O. The van der Waals surface area contributed by atoms with Crippen LogP contribution >= 0.6 is 12.4 Å². The monoisotopic (exact) mass is 232 g/mol. The first kappa shape index (κ1) is 12.8. The Labute approximate surface area is 97.6 Å². The lowest BCUT2D eigenvalue weighted by Gasteiger charge is -2.39. The second kappa shape index (κ2) is 4.71. The van der Waals surface area contributed by atoms with E-state index in [0.29, 0.717) is 6.54 Å². The summed E-state index contributed by atoms with van der Waals surface area (Å²) in [5, 5.41) is 2.98. The summed E-state index contributed by atoms with van der Waals surface area (Å²) in [7, 11) is 0. The maximum atomic E-state index is 11.6. The van der Waals surface area contributed by atoms with E-state index < -0.39 is 0 Å². The highest BCUT2D eigenvalue weighted by Gasteiger charge is 2.35. The summed E-state index contributed by atoms with van der Waals surface area (Å²) in [6.07, 6.45) is 5.46. The molecule has 88 valence electrons. The van der Waals surface area contributed by atoms with Gasteiger partial charge in [-0.1, -0.05) is 6.92 Å². The molecule has 2 aliphatic rings. The highest BCUT2D eigenvalue weighted by Crippen LogP contribution is 2.33. The number of hydrogen-bond acceptors (Lipinski definition) is 2. The van der Waals surface area contributed by atoms with Crippen LogP contribution in [-0.2, 0) is 4.79 Å². The highest BCUT2D eigenvalue weighted by molar-refractivity contribution is 5.85. The summed E-state index contributed by atoms with van der Waals surface area (Å²) in [6, 6.07) is 0. The lowest BCUT2D eigenvalue weighted by atomic mass is 9.75. The summed E-state index contributed by atoms with van der Waals surface area (Å²) in [5.74, 6) is 1.23. The Balaban J connectivity index is 0.00000112. The Bertz CT molecular complexity index is 235. The summed E-state index contributed by atoms with van der Waals surface area (Å²) in [6.45, 7) is 2.87. The Morgan fingerprint density at radius 3 is 2.47 bits per heavy atom. The first-order valence-electron chi connectivity index (χ1n) is 5.66. The number of carbonyl (C=O) groups excluding carboxylic acids is 1. The van der Waals surface area contributed by atoms with E-state index in [-0.39, 0.29) is 29.8 Å². The van der Waals surface area contributed by atoms with Gasteiger partial charge in [-0.3, -0.25) is 4.79 Å². The number of nitrogens with two attached hydrogens (primary N) is 1. The number of amides is 1. The van der Waals surface area contributed by atoms with E-state index in [2.05, 4.69) is 12.2 Å². The summed E-state index contributed by atoms with van der Waals surface area (Å²) < 4.78 is 0. The fourth-order valence-corrected chi connectivity index (χ4v) is 2.33. The minimum absolute atomic E-state index is 0. The molecule has 0 spiro atoms. The van der Waals surface area contributed by atoms with E-state index in [1.165, 1.54) is 6.42 Å². The van der Waals surface area contributed by atoms with Crippen LogP contribution in [0.1, 0.15) is 39.0 Å². The van der Waals surface area contributed by atoms with Gasteiger partial charge in [0, 0.05) is 18.0 Å². The van der Waals surface area contributed by atoms with Gasteiger partial charge in [-0.25, -0.2) is 0 Å². The van der Waals surface area contributed by atoms with Gasteiger partial charge < -0.3 is 11.1 Å². The van der Waals surface area contributed by atoms with Gasteiger partial charge in [0.05, 0.1) is 0 Å². The van der Waals surface area contributed by atoms with Crippen molar-refractivity contribution >= 4 is 18.3 Å². The summed E-state index contributed by atoms with van der Waals surface area (Å²) in [4.78, 5) is 11.6. The zero-order chi connectivity index (χ0) is 10.2. The van der Waals surface area contributed by atoms with Gasteiger partial charge in [0.15, 0.2) is 0 Å². The molecule has 1 amide bonds. The van der Waals surface area contributed by atoms with E-state index in [1.807, 2.05) is 0 Å². The lowest BCUT2D eigenvalue weighted by Crippen LogP contribution is -2.56. The molecule has 2 fully saturated rings. The molecule has 3 nitrogen and oxygen atoms in total. The summed E-state index contributed by atoms with van der Waals surface area (Å²) >= 11 is 0. The van der Waals surface area contributed by atoms with Crippen molar-refractivity contribution in [2.24, 2.45) is 17.6 Å². The van der Waals surface area contributed by atoms with Gasteiger partial charge in [-0.2, -0.15) is 0 Å². The van der Waals surface area contributed by atoms with Crippen LogP contribution in [0.25, 0.3) is 0 Å². The molecule has 0 saturated heterocycles. The third-order valence-electron chi connectivity index (χ3n) is 3.71. The first-order chi connectivity index (χ1) is 6.59. The predicted octanol–water partition coefficient (Wildman–Crippen LogP) is 1.45. The fraction of sp³-hybridized carbons (Fsp3) is 0.909. The van der Waals surface area contributed by atoms with Crippen molar-refractivity contribution in [3.8, 4) is 0 Å². The van der Waals surface area contributed by atoms with Crippen molar-refractivity contribution in [3.63, 3.8) is 0 Å². The molecule has 3 N–H and O–H groups in total. The molecule has 0 aromatic carbocycles. The van der Waals surface area contributed by atoms with Crippen molar-refractivity contribution in [2.45, 2.75) is 44.6 Å². The molecule has 0 aromatic heterocycles. The topological polar surface area (TPSA) is 55.1 Å². The minimum Gasteiger partial charge on any atom is -0.354 e. The van der Waals surface area contributed by atoms with Crippen molar-refractivity contribution < 1.29 is 4.79 Å². The molecule has 0 unspecified atom stereocenters. The van der Waals surface area contributed by atoms with E-state index in [0.717, 1.165) is 31.6 Å². The van der Waals surface area contributed by atoms with Gasteiger partial charge >= 0.3 is 0 Å². The number of halogens is 1. The quantitative estimate of drug-likeness (QED) is 0.774. The van der Waals surface area contributed by atoms with E-state index in [1.54, 1.807) is 0 Å². The molecule has 0 aliphatic heterocycles. The Morgan fingerprint density at radius 2 is 2.07 bits per heavy atom. The van der Waals surface area contributed by atoms with Crippen molar-refractivity contribution in [1.82, 2.24) is 5.32 Å². The minimum atomic E-state index is -0.0783. The average molecular weight is 233 g/mol. The predicted molar refractivity (Wildman–Crippen MR) is 62.9 cm³/mol. The molecule has 0 aromatic rings. The molecule has 2 saturated carbocycles. The number of nitrogens with one attached hydrogen (secondary N) is 1. The second-order valence-electron chi connectivity index (χ2n) is 5.21. The van der Waals surface area contributed by atoms with Crippen LogP contribution in [0.3, 0.4) is 0 Å². The largest absolute Gasteiger partial charge is 0.354 e.